The van der Waals surface area contributed by atoms with Crippen molar-refractivity contribution in [2.75, 3.05) is 11.9 Å². The number of nitrogens with zero attached hydrogens (tertiary/aromatic N) is 4. The van der Waals surface area contributed by atoms with Crippen molar-refractivity contribution < 1.29 is 0 Å². The molecule has 0 aromatic carbocycles. The van der Waals surface area contributed by atoms with Gasteiger partial charge >= 0.3 is 0 Å². The van der Waals surface area contributed by atoms with Crippen molar-refractivity contribution in [1.82, 2.24) is 19.7 Å². The van der Waals surface area contributed by atoms with E-state index in [4.69, 9.17) is 0 Å². The third-order valence-electron chi connectivity index (χ3n) is 2.80. The van der Waals surface area contributed by atoms with E-state index in [0.717, 1.165) is 24.7 Å². The molecule has 1 atom stereocenters. The predicted molar refractivity (Wildman–Crippen MR) is 60.2 cm³/mol. The molecule has 5 heteroatoms. The van der Waals surface area contributed by atoms with E-state index in [0.29, 0.717) is 0 Å². The van der Waals surface area contributed by atoms with Crippen molar-refractivity contribution in [2.45, 2.75) is 19.4 Å². The van der Waals surface area contributed by atoms with Crippen molar-refractivity contribution >= 4 is 5.95 Å². The zero-order valence-electron chi connectivity index (χ0n) is 9.09. The Hall–Kier alpha value is -1.91. The molecule has 0 fully saturated rings. The Bertz CT molecular complexity index is 490. The first-order valence-corrected chi connectivity index (χ1v) is 5.41. The molecule has 2 aromatic heterocycles. The molecule has 0 saturated carbocycles. The highest BCUT2D eigenvalue weighted by Gasteiger charge is 2.23. The second kappa shape index (κ2) is 3.59. The zero-order chi connectivity index (χ0) is 11.0. The van der Waals surface area contributed by atoms with E-state index < -0.39 is 0 Å². The number of hydrogen-bond donors (Lipinski definition) is 1. The van der Waals surface area contributed by atoms with Crippen LogP contribution in [-0.2, 0) is 0 Å². The molecule has 1 aliphatic heterocycles. The number of nitrogens with one attached hydrogen (secondary N) is 1. The van der Waals surface area contributed by atoms with Gasteiger partial charge in [-0.05, 0) is 25.0 Å². The van der Waals surface area contributed by atoms with E-state index in [2.05, 4.69) is 26.4 Å². The summed E-state index contributed by atoms with van der Waals surface area (Å²) < 4.78 is 1.95. The van der Waals surface area contributed by atoms with Crippen molar-refractivity contribution in [2.24, 2.45) is 0 Å². The van der Waals surface area contributed by atoms with Crippen LogP contribution >= 0.6 is 0 Å². The lowest BCUT2D eigenvalue weighted by Gasteiger charge is -2.24. The molecule has 82 valence electrons. The van der Waals surface area contributed by atoms with Gasteiger partial charge in [0, 0.05) is 18.9 Å². The fraction of sp³-hybridized carbons (Fsp3) is 0.364. The number of aryl methyl sites for hydroxylation is 1. The summed E-state index contributed by atoms with van der Waals surface area (Å²) in [5.41, 5.74) is 1.19. The van der Waals surface area contributed by atoms with Crippen LogP contribution in [-0.4, -0.2) is 26.3 Å². The largest absolute Gasteiger partial charge is 0.354 e. The number of fused-ring (bicyclic) bond motifs is 1. The fourth-order valence-electron chi connectivity index (χ4n) is 2.09. The first-order chi connectivity index (χ1) is 7.84. The number of pyridine rings is 1. The minimum Gasteiger partial charge on any atom is -0.354 e. The van der Waals surface area contributed by atoms with Crippen molar-refractivity contribution in [1.29, 1.82) is 0 Å². The number of anilines is 1. The topological polar surface area (TPSA) is 55.6 Å². The Labute approximate surface area is 93.5 Å². The van der Waals surface area contributed by atoms with Crippen LogP contribution < -0.4 is 5.32 Å². The maximum absolute atomic E-state index is 4.42. The smallest absolute Gasteiger partial charge is 0.221 e. The molecule has 1 aliphatic rings. The van der Waals surface area contributed by atoms with Gasteiger partial charge in [-0.3, -0.25) is 4.98 Å². The number of rotatable bonds is 1. The summed E-state index contributed by atoms with van der Waals surface area (Å²) in [5.74, 6) is 1.66. The summed E-state index contributed by atoms with van der Waals surface area (Å²) in [4.78, 5) is 8.50. The SMILES string of the molecule is Cc1nc2n(n1)C(c1cccnc1)CCN2. The van der Waals surface area contributed by atoms with Crippen LogP contribution in [0.4, 0.5) is 5.95 Å². The highest BCUT2D eigenvalue weighted by atomic mass is 15.4. The Balaban J connectivity index is 2.05. The molecule has 3 heterocycles. The average molecular weight is 215 g/mol. The summed E-state index contributed by atoms with van der Waals surface area (Å²) in [6.45, 7) is 2.84. The van der Waals surface area contributed by atoms with E-state index in [1.54, 1.807) is 6.20 Å². The normalized spacial score (nSPS) is 18.9. The first-order valence-electron chi connectivity index (χ1n) is 5.41. The second-order valence-electron chi connectivity index (χ2n) is 3.94. The molecular weight excluding hydrogens is 202 g/mol. The van der Waals surface area contributed by atoms with Gasteiger partial charge in [-0.2, -0.15) is 10.1 Å². The molecule has 16 heavy (non-hydrogen) atoms. The summed E-state index contributed by atoms with van der Waals surface area (Å²) >= 11 is 0. The highest BCUT2D eigenvalue weighted by molar-refractivity contribution is 5.31. The van der Waals surface area contributed by atoms with Crippen LogP contribution in [0, 0.1) is 6.92 Å². The summed E-state index contributed by atoms with van der Waals surface area (Å²) in [6.07, 6.45) is 4.70. The van der Waals surface area contributed by atoms with Crippen LogP contribution in [0.3, 0.4) is 0 Å². The van der Waals surface area contributed by atoms with Crippen molar-refractivity contribution in [3.8, 4) is 0 Å². The molecule has 0 radical (unpaired) electrons. The summed E-state index contributed by atoms with van der Waals surface area (Å²) in [6, 6.07) is 4.30. The van der Waals surface area contributed by atoms with E-state index >= 15 is 0 Å². The molecule has 0 aliphatic carbocycles. The van der Waals surface area contributed by atoms with Gasteiger partial charge < -0.3 is 5.32 Å². The highest BCUT2D eigenvalue weighted by Crippen LogP contribution is 2.27. The lowest BCUT2D eigenvalue weighted by atomic mass is 10.1. The monoisotopic (exact) mass is 215 g/mol. The van der Waals surface area contributed by atoms with Gasteiger partial charge in [0.1, 0.15) is 5.82 Å². The standard InChI is InChI=1S/C11H13N5/c1-8-14-11-13-6-4-10(16(11)15-8)9-3-2-5-12-7-9/h2-3,5,7,10H,4,6H2,1H3,(H,13,14,15). The van der Waals surface area contributed by atoms with E-state index in [1.165, 1.54) is 5.56 Å². The van der Waals surface area contributed by atoms with Gasteiger partial charge in [0.25, 0.3) is 0 Å². The van der Waals surface area contributed by atoms with Crippen LogP contribution in [0.5, 0.6) is 0 Å². The van der Waals surface area contributed by atoms with Gasteiger partial charge in [-0.25, -0.2) is 4.68 Å². The fourth-order valence-corrected chi connectivity index (χ4v) is 2.09. The quantitative estimate of drug-likeness (QED) is 0.781. The van der Waals surface area contributed by atoms with Crippen LogP contribution in [0.25, 0.3) is 0 Å². The number of aromatic nitrogens is 4. The van der Waals surface area contributed by atoms with Crippen molar-refractivity contribution in [3.63, 3.8) is 0 Å². The summed E-state index contributed by atoms with van der Waals surface area (Å²) in [5, 5.41) is 7.68. The molecule has 0 amide bonds. The van der Waals surface area contributed by atoms with Crippen molar-refractivity contribution in [3.05, 3.63) is 35.9 Å². The maximum atomic E-state index is 4.42. The Morgan fingerprint density at radius 1 is 1.50 bits per heavy atom. The molecule has 5 nitrogen and oxygen atoms in total. The van der Waals surface area contributed by atoms with Gasteiger partial charge in [-0.1, -0.05) is 6.07 Å². The van der Waals surface area contributed by atoms with Gasteiger partial charge in [0.2, 0.25) is 5.95 Å². The molecule has 0 bridgehead atoms. The Morgan fingerprint density at radius 2 is 2.44 bits per heavy atom. The molecule has 0 saturated heterocycles. The number of hydrogen-bond acceptors (Lipinski definition) is 4. The maximum Gasteiger partial charge on any atom is 0.221 e. The third-order valence-corrected chi connectivity index (χ3v) is 2.80. The Morgan fingerprint density at radius 3 is 3.25 bits per heavy atom. The second-order valence-corrected chi connectivity index (χ2v) is 3.94. The molecule has 1 N–H and O–H groups in total. The molecule has 0 spiro atoms. The Kier molecular flexibility index (Phi) is 2.09. The molecule has 1 unspecified atom stereocenters. The lowest BCUT2D eigenvalue weighted by molar-refractivity contribution is 0.477. The minimum absolute atomic E-state index is 0.256. The molecule has 2 aromatic rings. The van der Waals surface area contributed by atoms with E-state index in [1.807, 2.05) is 23.9 Å². The first kappa shape index (κ1) is 9.33. The lowest BCUT2D eigenvalue weighted by Crippen LogP contribution is -2.24. The predicted octanol–water partition coefficient (Wildman–Crippen LogP) is 1.39. The molecule has 3 rings (SSSR count). The van der Waals surface area contributed by atoms with Crippen LogP contribution in [0.1, 0.15) is 23.9 Å². The summed E-state index contributed by atoms with van der Waals surface area (Å²) in [7, 11) is 0. The average Bonchev–Trinajstić information content (AvgIpc) is 2.70. The third kappa shape index (κ3) is 1.44. The van der Waals surface area contributed by atoms with E-state index in [-0.39, 0.29) is 6.04 Å². The minimum atomic E-state index is 0.256. The van der Waals surface area contributed by atoms with Gasteiger partial charge in [0.15, 0.2) is 0 Å². The van der Waals surface area contributed by atoms with Crippen LogP contribution in [0.15, 0.2) is 24.5 Å². The zero-order valence-corrected chi connectivity index (χ0v) is 9.09. The van der Waals surface area contributed by atoms with Crippen LogP contribution in [0.2, 0.25) is 0 Å². The van der Waals surface area contributed by atoms with Gasteiger partial charge in [-0.15, -0.1) is 0 Å². The molecular formula is C11H13N5. The van der Waals surface area contributed by atoms with Gasteiger partial charge in [0.05, 0.1) is 6.04 Å². The van der Waals surface area contributed by atoms with E-state index in [9.17, 15) is 0 Å².